The highest BCUT2D eigenvalue weighted by atomic mass is 16.2. The van der Waals surface area contributed by atoms with E-state index in [1.54, 1.807) is 6.07 Å². The molecule has 1 aliphatic heterocycles. The third kappa shape index (κ3) is 4.11. The molecular formula is C21H26N4O2. The minimum atomic E-state index is -0.569. The summed E-state index contributed by atoms with van der Waals surface area (Å²) in [6.07, 6.45) is 1.04. The Morgan fingerprint density at radius 1 is 1.07 bits per heavy atom. The Kier molecular flexibility index (Phi) is 5.46. The van der Waals surface area contributed by atoms with Crippen LogP contribution < -0.4 is 16.3 Å². The van der Waals surface area contributed by atoms with E-state index in [0.717, 1.165) is 17.7 Å². The van der Waals surface area contributed by atoms with Crippen molar-refractivity contribution in [2.75, 3.05) is 11.6 Å². The Bertz CT molecular complexity index is 832. The van der Waals surface area contributed by atoms with Crippen LogP contribution in [0.4, 0.5) is 5.69 Å². The number of hydrazine groups is 2. The van der Waals surface area contributed by atoms with E-state index in [4.69, 9.17) is 5.73 Å². The van der Waals surface area contributed by atoms with Crippen molar-refractivity contribution >= 4 is 17.5 Å². The summed E-state index contributed by atoms with van der Waals surface area (Å²) in [5, 5.41) is 3.16. The van der Waals surface area contributed by atoms with Gasteiger partial charge in [-0.05, 0) is 42.5 Å². The van der Waals surface area contributed by atoms with Gasteiger partial charge in [0.05, 0.1) is 17.3 Å². The van der Waals surface area contributed by atoms with Gasteiger partial charge in [-0.3, -0.25) is 14.6 Å². The smallest absolute Gasteiger partial charge is 0.272 e. The molecule has 0 aliphatic carbocycles. The second kappa shape index (κ2) is 7.80. The lowest BCUT2D eigenvalue weighted by molar-refractivity contribution is -0.119. The molecule has 0 radical (unpaired) electrons. The second-order valence-electron chi connectivity index (χ2n) is 7.36. The summed E-state index contributed by atoms with van der Waals surface area (Å²) in [7, 11) is 0. The van der Waals surface area contributed by atoms with Crippen LogP contribution in [-0.2, 0) is 11.2 Å². The molecule has 2 amide bonds. The number of carbonyl (C=O) groups is 2. The number of benzene rings is 2. The van der Waals surface area contributed by atoms with E-state index >= 15 is 0 Å². The maximum absolute atomic E-state index is 12.6. The molecule has 142 valence electrons. The topological polar surface area (TPSA) is 78.7 Å². The van der Waals surface area contributed by atoms with Gasteiger partial charge in [-0.2, -0.15) is 0 Å². The number of primary amides is 1. The van der Waals surface area contributed by atoms with Crippen LogP contribution in [-0.4, -0.2) is 23.4 Å². The maximum atomic E-state index is 12.6. The highest BCUT2D eigenvalue weighted by Crippen LogP contribution is 2.32. The lowest BCUT2D eigenvalue weighted by Crippen LogP contribution is -2.59. The molecule has 3 rings (SSSR count). The Morgan fingerprint density at radius 2 is 1.74 bits per heavy atom. The number of para-hydroxylation sites is 1. The molecule has 6 nitrogen and oxygen atoms in total. The van der Waals surface area contributed by atoms with Crippen molar-refractivity contribution in [1.29, 1.82) is 0 Å². The molecular weight excluding hydrogens is 340 g/mol. The van der Waals surface area contributed by atoms with Crippen molar-refractivity contribution in [3.63, 3.8) is 0 Å². The molecule has 0 saturated carbocycles. The number of anilines is 1. The molecule has 2 aromatic carbocycles. The predicted octanol–water partition coefficient (Wildman–Crippen LogP) is 2.81. The van der Waals surface area contributed by atoms with Crippen molar-refractivity contribution in [3.8, 4) is 0 Å². The number of hydrogen-bond acceptors (Lipinski definition) is 4. The van der Waals surface area contributed by atoms with E-state index in [9.17, 15) is 9.59 Å². The number of rotatable bonds is 6. The Hall–Kier alpha value is -2.86. The van der Waals surface area contributed by atoms with Gasteiger partial charge in [0.25, 0.3) is 5.91 Å². The molecule has 3 N–H and O–H groups in total. The predicted molar refractivity (Wildman–Crippen MR) is 106 cm³/mol. The third-order valence-electron chi connectivity index (χ3n) is 4.67. The summed E-state index contributed by atoms with van der Waals surface area (Å²) in [5.41, 5.74) is 12.1. The molecule has 1 atom stereocenters. The average Bonchev–Trinajstić information content (AvgIpc) is 2.63. The van der Waals surface area contributed by atoms with E-state index < -0.39 is 5.91 Å². The minimum Gasteiger partial charge on any atom is -0.368 e. The molecule has 0 fully saturated rings. The van der Waals surface area contributed by atoms with Crippen molar-refractivity contribution in [2.45, 2.75) is 33.2 Å². The van der Waals surface area contributed by atoms with Crippen LogP contribution >= 0.6 is 0 Å². The van der Waals surface area contributed by atoms with E-state index in [2.05, 4.69) is 50.6 Å². The first-order valence-corrected chi connectivity index (χ1v) is 9.20. The van der Waals surface area contributed by atoms with Crippen LogP contribution in [0.5, 0.6) is 0 Å². The summed E-state index contributed by atoms with van der Waals surface area (Å²) in [4.78, 5) is 24.0. The molecule has 0 aromatic heterocycles. The summed E-state index contributed by atoms with van der Waals surface area (Å²) >= 11 is 0. The first-order valence-electron chi connectivity index (χ1n) is 9.20. The minimum absolute atomic E-state index is 0.0530. The summed E-state index contributed by atoms with van der Waals surface area (Å²) < 4.78 is 0. The number of carbonyl (C=O) groups excluding carboxylic acids is 2. The molecule has 1 heterocycles. The second-order valence-corrected chi connectivity index (χ2v) is 7.36. The Balaban J connectivity index is 1.90. The van der Waals surface area contributed by atoms with Crippen LogP contribution in [0.25, 0.3) is 0 Å². The van der Waals surface area contributed by atoms with E-state index in [-0.39, 0.29) is 18.5 Å². The monoisotopic (exact) mass is 366 g/mol. The van der Waals surface area contributed by atoms with Gasteiger partial charge in [-0.25, -0.2) is 5.01 Å². The fourth-order valence-electron chi connectivity index (χ4n) is 3.35. The van der Waals surface area contributed by atoms with Crippen molar-refractivity contribution in [3.05, 3.63) is 65.2 Å². The lowest BCUT2D eigenvalue weighted by atomic mass is 9.99. The fourth-order valence-corrected chi connectivity index (χ4v) is 3.35. The molecule has 1 unspecified atom stereocenters. The lowest BCUT2D eigenvalue weighted by Gasteiger charge is -2.41. The van der Waals surface area contributed by atoms with Gasteiger partial charge >= 0.3 is 0 Å². The normalized spacial score (nSPS) is 15.0. The molecule has 0 saturated heterocycles. The van der Waals surface area contributed by atoms with Crippen LogP contribution in [0.15, 0.2) is 48.5 Å². The number of hydrogen-bond donors (Lipinski definition) is 2. The molecule has 0 spiro atoms. The van der Waals surface area contributed by atoms with Gasteiger partial charge in [0.2, 0.25) is 5.91 Å². The van der Waals surface area contributed by atoms with E-state index in [1.807, 2.05) is 23.2 Å². The SMILES string of the molecule is CC(C)Cc1ccc(C(C)N2NN(CC(N)=O)C(=O)c3ccccc32)cc1. The zero-order valence-electron chi connectivity index (χ0n) is 16.0. The van der Waals surface area contributed by atoms with Crippen LogP contribution in [0.1, 0.15) is 48.3 Å². The largest absolute Gasteiger partial charge is 0.368 e. The maximum Gasteiger partial charge on any atom is 0.272 e. The molecule has 27 heavy (non-hydrogen) atoms. The standard InChI is InChI=1S/C21H26N4O2/c1-14(2)12-16-8-10-17(11-9-16)15(3)25-19-7-5-4-6-18(19)21(27)24(23-25)13-20(22)26/h4-11,14-15,23H,12-13H2,1-3H3,(H2,22,26). The summed E-state index contributed by atoms with van der Waals surface area (Å²) in [5.74, 6) is -0.224. The number of fused-ring (bicyclic) bond motifs is 1. The molecule has 2 aromatic rings. The third-order valence-corrected chi connectivity index (χ3v) is 4.67. The van der Waals surface area contributed by atoms with Crippen LogP contribution in [0.3, 0.4) is 0 Å². The van der Waals surface area contributed by atoms with Crippen molar-refractivity contribution < 1.29 is 9.59 Å². The van der Waals surface area contributed by atoms with E-state index in [1.165, 1.54) is 10.6 Å². The zero-order chi connectivity index (χ0) is 19.6. The summed E-state index contributed by atoms with van der Waals surface area (Å²) in [6.45, 7) is 6.27. The quantitative estimate of drug-likeness (QED) is 0.824. The van der Waals surface area contributed by atoms with Crippen molar-refractivity contribution in [1.82, 2.24) is 10.5 Å². The molecule has 1 aliphatic rings. The first kappa shape index (κ1) is 18.9. The fraction of sp³-hybridized carbons (Fsp3) is 0.333. The molecule has 0 bridgehead atoms. The average molecular weight is 366 g/mol. The van der Waals surface area contributed by atoms with Crippen LogP contribution in [0.2, 0.25) is 0 Å². The van der Waals surface area contributed by atoms with E-state index in [0.29, 0.717) is 11.5 Å². The zero-order valence-corrected chi connectivity index (χ0v) is 16.0. The Labute approximate surface area is 159 Å². The van der Waals surface area contributed by atoms with Gasteiger partial charge in [0, 0.05) is 0 Å². The summed E-state index contributed by atoms with van der Waals surface area (Å²) in [6, 6.07) is 15.8. The van der Waals surface area contributed by atoms with Crippen LogP contribution in [0, 0.1) is 5.92 Å². The van der Waals surface area contributed by atoms with Gasteiger partial charge in [0.15, 0.2) is 0 Å². The van der Waals surface area contributed by atoms with Gasteiger partial charge in [0.1, 0.15) is 6.54 Å². The number of nitrogens with two attached hydrogens (primary N) is 1. The Morgan fingerprint density at radius 3 is 2.37 bits per heavy atom. The van der Waals surface area contributed by atoms with Crippen molar-refractivity contribution in [2.24, 2.45) is 11.7 Å². The number of nitrogens with zero attached hydrogens (tertiary/aromatic N) is 2. The molecule has 6 heteroatoms. The highest BCUT2D eigenvalue weighted by molar-refractivity contribution is 6.02. The highest BCUT2D eigenvalue weighted by Gasteiger charge is 2.32. The number of amides is 2. The number of nitrogens with one attached hydrogen (secondary N) is 1. The van der Waals surface area contributed by atoms with Gasteiger partial charge < -0.3 is 5.73 Å². The van der Waals surface area contributed by atoms with Gasteiger partial charge in [-0.1, -0.05) is 50.2 Å². The first-order chi connectivity index (χ1) is 12.9. The van der Waals surface area contributed by atoms with Gasteiger partial charge in [-0.15, -0.1) is 5.53 Å².